The first-order valence-electron chi connectivity index (χ1n) is 30.6. The highest BCUT2D eigenvalue weighted by Gasteiger charge is 2.18. The number of esters is 1. The molecule has 0 saturated carbocycles. The molecule has 0 radical (unpaired) electrons. The molecular weight excluding hydrogens is 839 g/mol. The molecule has 0 aliphatic carbocycles. The van der Waals surface area contributed by atoms with E-state index in [9.17, 15) is 19.8 Å². The molecule has 0 heterocycles. The van der Waals surface area contributed by atoms with Gasteiger partial charge in [0, 0.05) is 12.8 Å². The fourth-order valence-corrected chi connectivity index (χ4v) is 9.51. The molecule has 0 saturated heterocycles. The molecule has 0 aromatic heterocycles. The second-order valence-electron chi connectivity index (χ2n) is 21.0. The highest BCUT2D eigenvalue weighted by Crippen LogP contribution is 2.17. The van der Waals surface area contributed by atoms with Crippen LogP contribution in [0.2, 0.25) is 0 Å². The molecule has 2 unspecified atom stereocenters. The summed E-state index contributed by atoms with van der Waals surface area (Å²) in [5.74, 6) is -0.0557. The number of allylic oxidation sites excluding steroid dienone is 3. The van der Waals surface area contributed by atoms with Gasteiger partial charge in [0.2, 0.25) is 5.91 Å². The Morgan fingerprint density at radius 3 is 1.04 bits per heavy atom. The fraction of sp³-hybridized carbons (Fsp3) is 0.903. The van der Waals surface area contributed by atoms with Crippen LogP contribution in [0, 0.1) is 0 Å². The van der Waals surface area contributed by atoms with Crippen LogP contribution in [0.25, 0.3) is 0 Å². The number of carbonyl (C=O) groups excluding carboxylic acids is 2. The monoisotopic (exact) mass is 958 g/mol. The molecule has 0 aliphatic rings. The molecule has 0 aliphatic heterocycles. The maximum absolute atomic E-state index is 12.4. The Balaban J connectivity index is 3.40. The van der Waals surface area contributed by atoms with Crippen LogP contribution in [-0.4, -0.2) is 47.4 Å². The van der Waals surface area contributed by atoms with Gasteiger partial charge >= 0.3 is 5.97 Å². The Labute approximate surface area is 424 Å². The van der Waals surface area contributed by atoms with E-state index in [0.717, 1.165) is 38.5 Å². The van der Waals surface area contributed by atoms with E-state index in [1.807, 2.05) is 6.08 Å². The molecule has 68 heavy (non-hydrogen) atoms. The number of ether oxygens (including phenoxy) is 1. The van der Waals surface area contributed by atoms with Gasteiger partial charge in [-0.3, -0.25) is 9.59 Å². The smallest absolute Gasteiger partial charge is 0.305 e. The maximum Gasteiger partial charge on any atom is 0.305 e. The van der Waals surface area contributed by atoms with Gasteiger partial charge in [-0.05, 0) is 57.8 Å². The number of amides is 1. The second-order valence-corrected chi connectivity index (χ2v) is 21.0. The number of hydrogen-bond donors (Lipinski definition) is 3. The maximum atomic E-state index is 12.4. The summed E-state index contributed by atoms with van der Waals surface area (Å²) in [6.07, 6.45) is 70.8. The fourth-order valence-electron chi connectivity index (χ4n) is 9.51. The van der Waals surface area contributed by atoms with E-state index in [1.165, 1.54) is 270 Å². The summed E-state index contributed by atoms with van der Waals surface area (Å²) in [7, 11) is 0. The Kier molecular flexibility index (Phi) is 56.5. The van der Waals surface area contributed by atoms with Crippen molar-refractivity contribution in [1.29, 1.82) is 0 Å². The van der Waals surface area contributed by atoms with E-state index >= 15 is 0 Å². The van der Waals surface area contributed by atoms with E-state index in [0.29, 0.717) is 19.4 Å². The first kappa shape index (κ1) is 66.3. The Morgan fingerprint density at radius 2 is 0.691 bits per heavy atom. The van der Waals surface area contributed by atoms with Crippen molar-refractivity contribution >= 4 is 11.9 Å². The normalized spacial score (nSPS) is 12.7. The zero-order chi connectivity index (χ0) is 49.3. The molecule has 402 valence electrons. The van der Waals surface area contributed by atoms with E-state index < -0.39 is 12.1 Å². The third-order valence-corrected chi connectivity index (χ3v) is 14.2. The van der Waals surface area contributed by atoms with Gasteiger partial charge in [-0.2, -0.15) is 0 Å². The van der Waals surface area contributed by atoms with Crippen molar-refractivity contribution in [1.82, 2.24) is 5.32 Å². The largest absolute Gasteiger partial charge is 0.466 e. The van der Waals surface area contributed by atoms with Gasteiger partial charge in [-0.25, -0.2) is 0 Å². The topological polar surface area (TPSA) is 95.9 Å². The molecule has 0 aromatic carbocycles. The molecule has 0 bridgehead atoms. The molecule has 0 fully saturated rings. The Morgan fingerprint density at radius 1 is 0.397 bits per heavy atom. The average molecular weight is 959 g/mol. The lowest BCUT2D eigenvalue weighted by Crippen LogP contribution is -2.45. The minimum Gasteiger partial charge on any atom is -0.466 e. The molecule has 0 spiro atoms. The first-order chi connectivity index (χ1) is 33.5. The van der Waals surface area contributed by atoms with E-state index in [1.54, 1.807) is 6.08 Å². The molecule has 1 amide bonds. The molecule has 6 nitrogen and oxygen atoms in total. The van der Waals surface area contributed by atoms with E-state index in [4.69, 9.17) is 4.74 Å². The lowest BCUT2D eigenvalue weighted by atomic mass is 10.0. The van der Waals surface area contributed by atoms with Crippen LogP contribution in [-0.2, 0) is 14.3 Å². The lowest BCUT2D eigenvalue weighted by Gasteiger charge is -2.20. The lowest BCUT2D eigenvalue weighted by molar-refractivity contribution is -0.143. The van der Waals surface area contributed by atoms with Gasteiger partial charge in [-0.15, -0.1) is 0 Å². The van der Waals surface area contributed by atoms with Crippen LogP contribution in [0.4, 0.5) is 0 Å². The summed E-state index contributed by atoms with van der Waals surface area (Å²) in [5.41, 5.74) is 0. The predicted molar refractivity (Wildman–Crippen MR) is 296 cm³/mol. The Bertz CT molecular complexity index is 1060. The van der Waals surface area contributed by atoms with Gasteiger partial charge in [0.15, 0.2) is 0 Å². The zero-order valence-corrected chi connectivity index (χ0v) is 45.9. The minimum atomic E-state index is -0.845. The van der Waals surface area contributed by atoms with Crippen molar-refractivity contribution in [2.24, 2.45) is 0 Å². The van der Waals surface area contributed by atoms with Crippen LogP contribution in [0.5, 0.6) is 0 Å². The number of hydrogen-bond acceptors (Lipinski definition) is 5. The van der Waals surface area contributed by atoms with Crippen molar-refractivity contribution < 1.29 is 24.5 Å². The van der Waals surface area contributed by atoms with E-state index in [-0.39, 0.29) is 18.5 Å². The van der Waals surface area contributed by atoms with E-state index in [2.05, 4.69) is 31.3 Å². The van der Waals surface area contributed by atoms with Crippen molar-refractivity contribution in [2.75, 3.05) is 13.2 Å². The molecular formula is C62H119NO5. The van der Waals surface area contributed by atoms with Crippen molar-refractivity contribution in [3.8, 4) is 0 Å². The molecule has 3 N–H and O–H groups in total. The molecule has 0 rings (SSSR count). The minimum absolute atomic E-state index is 0.0147. The number of carbonyl (C=O) groups is 2. The summed E-state index contributed by atoms with van der Waals surface area (Å²) in [5, 5.41) is 23.1. The van der Waals surface area contributed by atoms with Gasteiger partial charge in [0.05, 0.1) is 25.4 Å². The SMILES string of the molecule is CCCCCCCCCCCCC/C=C/C(O)C(CO)NC(=O)CCCCCCCCCCC/C=C\CCCCCCCCCCCCCCOC(=O)CCCCCCCCCCCCCCC. The van der Waals surface area contributed by atoms with Crippen LogP contribution < -0.4 is 5.32 Å². The molecule has 6 heteroatoms. The zero-order valence-electron chi connectivity index (χ0n) is 45.9. The third kappa shape index (κ3) is 53.7. The van der Waals surface area contributed by atoms with Gasteiger partial charge < -0.3 is 20.3 Å². The van der Waals surface area contributed by atoms with Crippen LogP contribution in [0.15, 0.2) is 24.3 Å². The summed E-state index contributed by atoms with van der Waals surface area (Å²) in [6, 6.07) is -0.629. The average Bonchev–Trinajstić information content (AvgIpc) is 3.34. The summed E-state index contributed by atoms with van der Waals surface area (Å²) in [4.78, 5) is 24.5. The second kappa shape index (κ2) is 57.9. The molecule has 2 atom stereocenters. The molecule has 0 aromatic rings. The number of nitrogens with one attached hydrogen (secondary N) is 1. The Hall–Kier alpha value is -1.66. The van der Waals surface area contributed by atoms with Crippen molar-refractivity contribution in [3.05, 3.63) is 24.3 Å². The van der Waals surface area contributed by atoms with Crippen LogP contribution >= 0.6 is 0 Å². The van der Waals surface area contributed by atoms with Gasteiger partial charge in [0.25, 0.3) is 0 Å². The third-order valence-electron chi connectivity index (χ3n) is 14.2. The highest BCUT2D eigenvalue weighted by molar-refractivity contribution is 5.76. The number of aliphatic hydroxyl groups excluding tert-OH is 2. The standard InChI is InChI=1S/C62H119NO5/c1-3-5-7-9-11-13-15-30-34-38-42-46-50-54-60(65)59(58-64)63-61(66)55-51-47-43-39-35-32-28-26-24-22-20-18-17-19-21-23-25-27-29-33-37-41-45-49-53-57-68-62(67)56-52-48-44-40-36-31-16-14-12-10-8-6-4-2/h18,20,50,54,59-60,64-65H,3-17,19,21-49,51-53,55-58H2,1-2H3,(H,63,66)/b20-18-,54-50+. The van der Waals surface area contributed by atoms with Crippen molar-refractivity contribution in [3.63, 3.8) is 0 Å². The van der Waals surface area contributed by atoms with Crippen molar-refractivity contribution in [2.45, 2.75) is 347 Å². The number of unbranched alkanes of at least 4 members (excludes halogenated alkanes) is 44. The summed E-state index contributed by atoms with van der Waals surface area (Å²) >= 11 is 0. The van der Waals surface area contributed by atoms with Crippen LogP contribution in [0.3, 0.4) is 0 Å². The predicted octanol–water partition coefficient (Wildman–Crippen LogP) is 19.0. The number of aliphatic hydroxyl groups is 2. The van der Waals surface area contributed by atoms with Gasteiger partial charge in [0.1, 0.15) is 0 Å². The number of rotatable bonds is 57. The quantitative estimate of drug-likeness (QED) is 0.0321. The highest BCUT2D eigenvalue weighted by atomic mass is 16.5. The van der Waals surface area contributed by atoms with Gasteiger partial charge in [-0.1, -0.05) is 289 Å². The summed E-state index contributed by atoms with van der Waals surface area (Å²) < 4.78 is 5.48. The summed E-state index contributed by atoms with van der Waals surface area (Å²) in [6.45, 7) is 4.91. The van der Waals surface area contributed by atoms with Crippen LogP contribution in [0.1, 0.15) is 335 Å². The first-order valence-corrected chi connectivity index (χ1v) is 30.6.